The van der Waals surface area contributed by atoms with E-state index in [9.17, 15) is 4.79 Å². The van der Waals surface area contributed by atoms with E-state index in [0.29, 0.717) is 12.2 Å². The second-order valence-electron chi connectivity index (χ2n) is 2.79. The molecule has 0 aliphatic carbocycles. The molecule has 0 N–H and O–H groups in total. The monoisotopic (exact) mass is 399 g/mol. The number of pyridine rings is 1. The van der Waals surface area contributed by atoms with Crippen LogP contribution in [0.1, 0.15) is 17.3 Å². The number of hydrogen-bond acceptors (Lipinski definition) is 2. The van der Waals surface area contributed by atoms with Crippen LogP contribution in [-0.4, -0.2) is 15.3 Å². The topological polar surface area (TPSA) is 30.2 Å². The zero-order valence-electron chi connectivity index (χ0n) is 7.99. The molecule has 0 saturated carbocycles. The molecule has 0 spiro atoms. The van der Waals surface area contributed by atoms with Gasteiger partial charge in [-0.15, -0.1) is 0 Å². The van der Waals surface area contributed by atoms with E-state index in [1.165, 1.54) is 0 Å². The molecule has 0 saturated heterocycles. The summed E-state index contributed by atoms with van der Waals surface area (Å²) in [6.45, 7) is 2.17. The molecule has 1 rings (SSSR count). The van der Waals surface area contributed by atoms with E-state index >= 15 is 0 Å². The second-order valence-corrected chi connectivity index (χ2v) is 10.5. The average Bonchev–Trinajstić information content (AvgIpc) is 2.17. The normalized spacial score (nSPS) is 11.2. The van der Waals surface area contributed by atoms with E-state index in [4.69, 9.17) is 4.74 Å². The predicted molar refractivity (Wildman–Crippen MR) is 70.5 cm³/mol. The van der Waals surface area contributed by atoms with Crippen LogP contribution in [0.4, 0.5) is 0 Å². The number of aromatic nitrogens is 1. The van der Waals surface area contributed by atoms with Crippen LogP contribution in [0.25, 0.3) is 0 Å². The molecule has 0 bridgehead atoms. The molecule has 0 unspecified atom stereocenters. The second kappa shape index (κ2) is 5.45. The van der Waals surface area contributed by atoms with Crippen LogP contribution in [0.2, 0.25) is 0 Å². The van der Waals surface area contributed by atoms with Gasteiger partial charge in [0.25, 0.3) is 0 Å². The number of rotatable bonds is 3. The highest BCUT2D eigenvalue weighted by Gasteiger charge is 2.24. The van der Waals surface area contributed by atoms with Gasteiger partial charge in [-0.25, -0.2) is 52.1 Å². The lowest BCUT2D eigenvalue weighted by Crippen LogP contribution is -2.50. The lowest BCUT2D eigenvalue weighted by Gasteiger charge is -2.14. The number of carbonyl (C=O) groups is 1. The fourth-order valence-corrected chi connectivity index (χ4v) is 1.80. The van der Waals surface area contributed by atoms with Crippen molar-refractivity contribution < 1.29 is 14.0 Å². The van der Waals surface area contributed by atoms with Gasteiger partial charge in [0.2, 0.25) is 0 Å². The summed E-state index contributed by atoms with van der Waals surface area (Å²) in [7, 11) is 0. The van der Waals surface area contributed by atoms with Gasteiger partial charge in [0.15, 0.2) is 0 Å². The standard InChI is InChI=1S/C8H9BBr3NO2/c1-2-15-8(14)7-3-5-13(6-4-7)9(10,11)12/h3-6H,2H2,1H3. The van der Waals surface area contributed by atoms with Crippen LogP contribution in [0, 0.1) is 0 Å². The van der Waals surface area contributed by atoms with Crippen molar-refractivity contribution in [2.24, 2.45) is 0 Å². The molecule has 1 aromatic rings. The van der Waals surface area contributed by atoms with E-state index in [-0.39, 0.29) is 5.97 Å². The third-order valence-corrected chi connectivity index (χ3v) is 3.12. The quantitative estimate of drug-likeness (QED) is 0.576. The molecule has 0 radical (unpaired) electrons. The molecule has 1 heterocycles. The van der Waals surface area contributed by atoms with Crippen molar-refractivity contribution in [3.8, 4) is 0 Å². The van der Waals surface area contributed by atoms with Crippen LogP contribution in [0.5, 0.6) is 0 Å². The maximum atomic E-state index is 11.3. The SMILES string of the molecule is CCOC(=O)c1cc[n+]([B-](Br)(Br)Br)cc1. The zero-order chi connectivity index (χ0) is 11.5. The number of hydrogen-bond donors (Lipinski definition) is 0. The Hall–Kier alpha value is 0.125. The van der Waals surface area contributed by atoms with Gasteiger partial charge in [0.05, 0.1) is 12.2 Å². The minimum absolute atomic E-state index is 0.304. The van der Waals surface area contributed by atoms with Gasteiger partial charge >= 0.3 is 8.72 Å². The third-order valence-electron chi connectivity index (χ3n) is 1.70. The Balaban J connectivity index is 2.86. The van der Waals surface area contributed by atoms with Gasteiger partial charge in [-0.2, -0.15) is 0 Å². The Bertz CT molecular complexity index is 350. The Morgan fingerprint density at radius 2 is 1.93 bits per heavy atom. The number of carbonyl (C=O) groups excluding carboxylic acids is 1. The first-order valence-corrected chi connectivity index (χ1v) is 7.07. The van der Waals surface area contributed by atoms with Crippen LogP contribution in [0.3, 0.4) is 0 Å². The minimum atomic E-state index is -1.15. The van der Waals surface area contributed by atoms with Crippen LogP contribution in [0.15, 0.2) is 24.5 Å². The first-order chi connectivity index (χ1) is 6.95. The van der Waals surface area contributed by atoms with E-state index in [1.54, 1.807) is 31.5 Å². The molecular weight excluding hydrogens is 393 g/mol. The lowest BCUT2D eigenvalue weighted by atomic mass is 10.2. The van der Waals surface area contributed by atoms with Crippen LogP contribution < -0.4 is 4.48 Å². The molecule has 7 heteroatoms. The maximum absolute atomic E-state index is 11.3. The van der Waals surface area contributed by atoms with Gasteiger partial charge < -0.3 is 9.21 Å². The molecule has 3 nitrogen and oxygen atoms in total. The lowest BCUT2D eigenvalue weighted by molar-refractivity contribution is -0.529. The molecule has 0 aromatic carbocycles. The summed E-state index contributed by atoms with van der Waals surface area (Å²) in [5.74, 6) is -0.304. The highest BCUT2D eigenvalue weighted by Crippen LogP contribution is 2.22. The highest BCUT2D eigenvalue weighted by atomic mass is 79.9. The van der Waals surface area contributed by atoms with E-state index in [1.807, 2.05) is 4.48 Å². The molecule has 1 aromatic heterocycles. The van der Waals surface area contributed by atoms with Crippen LogP contribution in [-0.2, 0) is 4.74 Å². The van der Waals surface area contributed by atoms with Gasteiger partial charge in [0, 0.05) is 12.1 Å². The predicted octanol–water partition coefficient (Wildman–Crippen LogP) is 2.62. The fraction of sp³-hybridized carbons (Fsp3) is 0.250. The summed E-state index contributed by atoms with van der Waals surface area (Å²) in [6, 6.07) is 3.41. The molecule has 82 valence electrons. The maximum Gasteiger partial charge on any atom is 0.459 e. The van der Waals surface area contributed by atoms with Crippen molar-refractivity contribution in [3.05, 3.63) is 30.1 Å². The van der Waals surface area contributed by atoms with Crippen molar-refractivity contribution >= 4 is 56.0 Å². The number of esters is 1. The molecule has 15 heavy (non-hydrogen) atoms. The highest BCUT2D eigenvalue weighted by molar-refractivity contribution is 9.71. The Kier molecular flexibility index (Phi) is 4.79. The van der Waals surface area contributed by atoms with Crippen molar-refractivity contribution in [2.75, 3.05) is 6.61 Å². The van der Waals surface area contributed by atoms with Gasteiger partial charge in [-0.05, 0) is 6.92 Å². The van der Waals surface area contributed by atoms with Crippen molar-refractivity contribution in [3.63, 3.8) is 0 Å². The summed E-state index contributed by atoms with van der Waals surface area (Å²) >= 11 is 10.3. The molecule has 0 aliphatic heterocycles. The Morgan fingerprint density at radius 3 is 2.33 bits per heavy atom. The van der Waals surface area contributed by atoms with E-state index < -0.39 is 2.75 Å². The molecule has 0 amide bonds. The number of ether oxygens (including phenoxy) is 1. The van der Waals surface area contributed by atoms with E-state index in [2.05, 4.69) is 47.3 Å². The zero-order valence-corrected chi connectivity index (χ0v) is 12.7. The summed E-state index contributed by atoms with van der Waals surface area (Å²) < 4.78 is 5.59. The smallest absolute Gasteiger partial charge is 0.459 e. The molecule has 0 fully saturated rings. The van der Waals surface area contributed by atoms with Crippen molar-refractivity contribution in [2.45, 2.75) is 6.92 Å². The summed E-state index contributed by atoms with van der Waals surface area (Å²) in [5.41, 5.74) is 0.542. The summed E-state index contributed by atoms with van der Waals surface area (Å²) in [6.07, 6.45) is 3.56. The number of nitrogens with zero attached hydrogens (tertiary/aromatic N) is 1. The van der Waals surface area contributed by atoms with E-state index in [0.717, 1.165) is 0 Å². The average molecular weight is 402 g/mol. The van der Waals surface area contributed by atoms with Crippen LogP contribution >= 0.6 is 47.3 Å². The summed E-state index contributed by atoms with van der Waals surface area (Å²) in [4.78, 5) is 11.3. The largest absolute Gasteiger partial charge is 0.462 e. The first-order valence-electron chi connectivity index (χ1n) is 4.33. The molecular formula is C8H9BBr3NO2. The summed E-state index contributed by atoms with van der Waals surface area (Å²) in [5, 5.41) is 0. The van der Waals surface area contributed by atoms with Crippen molar-refractivity contribution in [1.82, 2.24) is 0 Å². The Labute approximate surface area is 113 Å². The molecule has 0 atom stereocenters. The fourth-order valence-electron chi connectivity index (χ4n) is 0.984. The van der Waals surface area contributed by atoms with Gasteiger partial charge in [-0.3, -0.25) is 0 Å². The molecule has 0 aliphatic rings. The Morgan fingerprint density at radius 1 is 1.40 bits per heavy atom. The van der Waals surface area contributed by atoms with Gasteiger partial charge in [0.1, 0.15) is 12.4 Å². The first kappa shape index (κ1) is 13.2. The number of halogens is 3. The minimum Gasteiger partial charge on any atom is -0.462 e. The van der Waals surface area contributed by atoms with Crippen molar-refractivity contribution in [1.29, 1.82) is 0 Å². The van der Waals surface area contributed by atoms with Gasteiger partial charge in [-0.1, -0.05) is 0 Å². The third kappa shape index (κ3) is 3.88.